The Hall–Kier alpha value is -5.81. The van der Waals surface area contributed by atoms with Crippen LogP contribution in [0.25, 0.3) is 32.7 Å². The van der Waals surface area contributed by atoms with Crippen LogP contribution in [0.1, 0.15) is 0 Å². The van der Waals surface area contributed by atoms with Gasteiger partial charge in [0, 0.05) is 10.8 Å². The molecule has 0 unspecified atom stereocenters. The third-order valence-electron chi connectivity index (χ3n) is 8.24. The van der Waals surface area contributed by atoms with E-state index in [9.17, 15) is 64.9 Å². The van der Waals surface area contributed by atoms with E-state index in [4.69, 9.17) is 11.5 Å². The molecule has 0 atom stereocenters. The average Bonchev–Trinajstić information content (AvgIpc) is 3.11. The van der Waals surface area contributed by atoms with Gasteiger partial charge in [-0.1, -0.05) is 30.3 Å². The van der Waals surface area contributed by atoms with Crippen LogP contribution in [-0.4, -0.2) is 64.9 Å². The first-order chi connectivity index (χ1) is 26.7. The predicted octanol–water partition coefficient (Wildman–Crippen LogP) is 4.18. The molecule has 0 spiro atoms. The van der Waals surface area contributed by atoms with Crippen LogP contribution in [0.5, 0.6) is 0 Å². The Labute approximate surface area is 328 Å². The van der Waals surface area contributed by atoms with Crippen LogP contribution >= 0.6 is 0 Å². The smallest absolute Gasteiger partial charge is 0.126 e. The standard InChI is InChI=1S/C32H24N6O15S5/c33-29-27(57(48,49)50)14-18-11-21(54(39,40)41)6-8-23(18)31(29)37-35-20-4-1-16(2-5-20)17-3-10-25(26(13-17)56(45,46)47)36-38-32-24-9-7-22(55(42,43)44)12-19(24)15-28(30(32)34)58(51,52)53/h1-15H,33-34H2,(H,39,40,41)(H,42,43,44)(H,45,46,47)(H,48,49,50)(H,51,52,53)/p-5. The summed E-state index contributed by atoms with van der Waals surface area (Å²) in [5, 5.41) is 15.0. The van der Waals surface area contributed by atoms with E-state index in [1.165, 1.54) is 30.3 Å². The molecule has 6 aromatic carbocycles. The van der Waals surface area contributed by atoms with Crippen molar-refractivity contribution in [2.24, 2.45) is 20.5 Å². The van der Waals surface area contributed by atoms with Crippen molar-refractivity contribution >= 4 is 106 Å². The first kappa shape index (κ1) is 41.8. The number of benzene rings is 6. The van der Waals surface area contributed by atoms with Crippen molar-refractivity contribution in [1.29, 1.82) is 0 Å². The van der Waals surface area contributed by atoms with E-state index >= 15 is 0 Å². The molecule has 4 N–H and O–H groups in total. The van der Waals surface area contributed by atoms with Crippen molar-refractivity contribution in [2.75, 3.05) is 11.5 Å². The van der Waals surface area contributed by atoms with Crippen molar-refractivity contribution in [1.82, 2.24) is 0 Å². The van der Waals surface area contributed by atoms with Gasteiger partial charge >= 0.3 is 0 Å². The predicted molar refractivity (Wildman–Crippen MR) is 197 cm³/mol. The first-order valence-electron chi connectivity index (χ1n) is 15.3. The van der Waals surface area contributed by atoms with Crippen LogP contribution in [0.3, 0.4) is 0 Å². The van der Waals surface area contributed by atoms with Gasteiger partial charge in [0.1, 0.15) is 67.7 Å². The summed E-state index contributed by atoms with van der Waals surface area (Å²) in [6.45, 7) is 0. The molecule has 6 aromatic rings. The number of nitrogens with two attached hydrogens (primary N) is 2. The lowest BCUT2D eigenvalue weighted by atomic mass is 10.1. The molecule has 0 saturated heterocycles. The molecular weight excluding hydrogens is 869 g/mol. The zero-order chi connectivity index (χ0) is 42.7. The number of hydrogen-bond acceptors (Lipinski definition) is 21. The molecule has 6 rings (SSSR count). The van der Waals surface area contributed by atoms with E-state index in [0.29, 0.717) is 6.07 Å². The SMILES string of the molecule is Nc1c(S(=O)(=O)[O-])cc2cc(S(=O)(=O)[O-])ccc2c1N=Nc1ccc(-c2ccc(N=Nc3c(N)c(S(=O)(=O)[O-])cc4cc(S(=O)(=O)[O-])ccc34)c(S(=O)(=O)[O-])c2)cc1. The molecule has 0 bridgehead atoms. The van der Waals surface area contributed by atoms with Crippen LogP contribution in [0.15, 0.2) is 136 Å². The van der Waals surface area contributed by atoms with Gasteiger partial charge in [-0.05, 0) is 82.6 Å². The molecule has 21 nitrogen and oxygen atoms in total. The number of nitrogens with zero attached hydrogens (tertiary/aromatic N) is 4. The molecule has 0 radical (unpaired) electrons. The summed E-state index contributed by atoms with van der Waals surface area (Å²) in [7, 11) is -25.9. The molecule has 0 aliphatic carbocycles. The second kappa shape index (κ2) is 14.5. The molecule has 0 aliphatic heterocycles. The summed E-state index contributed by atoms with van der Waals surface area (Å²) >= 11 is 0. The van der Waals surface area contributed by atoms with Gasteiger partial charge < -0.3 is 34.2 Å². The number of anilines is 2. The Balaban J connectivity index is 1.38. The largest absolute Gasteiger partial charge is 0.744 e. The van der Waals surface area contributed by atoms with Crippen LogP contribution in [0.4, 0.5) is 34.1 Å². The van der Waals surface area contributed by atoms with Gasteiger partial charge in [0.15, 0.2) is 0 Å². The zero-order valence-electron chi connectivity index (χ0n) is 28.3. The number of azo groups is 2. The maximum atomic E-state index is 12.4. The Bertz CT molecular complexity index is 3380. The third kappa shape index (κ3) is 8.55. The molecule has 0 fully saturated rings. The maximum Gasteiger partial charge on any atom is 0.126 e. The van der Waals surface area contributed by atoms with Crippen molar-refractivity contribution in [3.05, 3.63) is 91.0 Å². The van der Waals surface area contributed by atoms with E-state index in [0.717, 1.165) is 54.6 Å². The van der Waals surface area contributed by atoms with Gasteiger partial charge in [0.25, 0.3) is 0 Å². The molecular formula is C32H19N6O15S5-5. The monoisotopic (exact) mass is 887 g/mol. The Morgan fingerprint density at radius 2 is 0.810 bits per heavy atom. The fourth-order valence-corrected chi connectivity index (χ4v) is 8.49. The van der Waals surface area contributed by atoms with E-state index in [1.54, 1.807) is 0 Å². The van der Waals surface area contributed by atoms with Gasteiger partial charge in [-0.2, -0.15) is 5.11 Å². The van der Waals surface area contributed by atoms with Crippen LogP contribution in [0, 0.1) is 0 Å². The topological polar surface area (TPSA) is 387 Å². The van der Waals surface area contributed by atoms with E-state index in [-0.39, 0.29) is 44.0 Å². The molecule has 58 heavy (non-hydrogen) atoms. The lowest BCUT2D eigenvalue weighted by molar-refractivity contribution is 0.461. The Kier molecular flexibility index (Phi) is 10.5. The summed E-state index contributed by atoms with van der Waals surface area (Å²) in [5.74, 6) is 0. The highest BCUT2D eigenvalue weighted by molar-refractivity contribution is 7.87. The quantitative estimate of drug-likeness (QED) is 0.111. The molecule has 0 aromatic heterocycles. The number of fused-ring (bicyclic) bond motifs is 2. The van der Waals surface area contributed by atoms with Crippen molar-refractivity contribution in [3.63, 3.8) is 0 Å². The van der Waals surface area contributed by atoms with Crippen LogP contribution in [0.2, 0.25) is 0 Å². The summed E-state index contributed by atoms with van der Waals surface area (Å²) < 4.78 is 178. The van der Waals surface area contributed by atoms with Gasteiger partial charge in [-0.3, -0.25) is 0 Å². The summed E-state index contributed by atoms with van der Waals surface area (Å²) in [4.78, 5) is -4.44. The summed E-state index contributed by atoms with van der Waals surface area (Å²) in [6, 6.07) is 15.8. The minimum Gasteiger partial charge on any atom is -0.744 e. The second-order valence-corrected chi connectivity index (χ2v) is 18.7. The highest BCUT2D eigenvalue weighted by Gasteiger charge is 2.19. The molecule has 302 valence electrons. The van der Waals surface area contributed by atoms with Gasteiger partial charge in [0.2, 0.25) is 0 Å². The third-order valence-corrected chi connectivity index (χ3v) is 12.5. The zero-order valence-corrected chi connectivity index (χ0v) is 32.4. The summed E-state index contributed by atoms with van der Waals surface area (Å²) in [5.41, 5.74) is 9.51. The fourth-order valence-electron chi connectivity index (χ4n) is 5.56. The Morgan fingerprint density at radius 3 is 1.22 bits per heavy atom. The first-order valence-corrected chi connectivity index (χ1v) is 22.4. The molecule has 0 amide bonds. The van der Waals surface area contributed by atoms with Gasteiger partial charge in [0.05, 0.1) is 41.5 Å². The normalized spacial score (nSPS) is 13.3. The van der Waals surface area contributed by atoms with Crippen molar-refractivity contribution in [3.8, 4) is 11.1 Å². The Morgan fingerprint density at radius 1 is 0.397 bits per heavy atom. The number of rotatable bonds is 10. The fraction of sp³-hybridized carbons (Fsp3) is 0. The molecule has 26 heteroatoms. The van der Waals surface area contributed by atoms with Crippen LogP contribution in [-0.2, 0) is 50.6 Å². The second-order valence-electron chi connectivity index (χ2n) is 11.9. The van der Waals surface area contributed by atoms with E-state index in [2.05, 4.69) is 20.5 Å². The molecule has 0 saturated carbocycles. The van der Waals surface area contributed by atoms with E-state index < -0.39 is 97.8 Å². The molecule has 0 aliphatic rings. The highest BCUT2D eigenvalue weighted by Crippen LogP contribution is 2.42. The minimum atomic E-state index is -5.32. The average molecular weight is 888 g/mol. The maximum absolute atomic E-state index is 12.4. The van der Waals surface area contributed by atoms with Gasteiger partial charge in [-0.25, -0.2) is 42.1 Å². The summed E-state index contributed by atoms with van der Waals surface area (Å²) in [6.07, 6.45) is 0. The number of nitrogen functional groups attached to an aromatic ring is 2. The highest BCUT2D eigenvalue weighted by atomic mass is 32.2. The van der Waals surface area contributed by atoms with Gasteiger partial charge in [-0.15, -0.1) is 15.3 Å². The van der Waals surface area contributed by atoms with Crippen molar-refractivity contribution < 1.29 is 64.9 Å². The lowest BCUT2D eigenvalue weighted by Crippen LogP contribution is -2.05. The van der Waals surface area contributed by atoms with E-state index in [1.807, 2.05) is 0 Å². The lowest BCUT2D eigenvalue weighted by Gasteiger charge is -2.16. The minimum absolute atomic E-state index is 0.0316. The molecule has 0 heterocycles. The van der Waals surface area contributed by atoms with Crippen LogP contribution < -0.4 is 11.5 Å². The number of hydrogen-bond donors (Lipinski definition) is 2. The van der Waals surface area contributed by atoms with Crippen molar-refractivity contribution in [2.45, 2.75) is 24.5 Å².